The monoisotopic (exact) mass is 291 g/mol. The van der Waals surface area contributed by atoms with Crippen LogP contribution in [0.4, 0.5) is 0 Å². The summed E-state index contributed by atoms with van der Waals surface area (Å²) in [5.74, 6) is -0.0130. The zero-order chi connectivity index (χ0) is 13.0. The third-order valence-electron chi connectivity index (χ3n) is 2.01. The minimum atomic E-state index is -0.227. The van der Waals surface area contributed by atoms with E-state index in [1.54, 1.807) is 18.2 Å². The van der Waals surface area contributed by atoms with Crippen LogP contribution in [-0.2, 0) is 4.79 Å². The van der Waals surface area contributed by atoms with Gasteiger partial charge in [0.2, 0.25) is 5.91 Å². The Bertz CT molecular complexity index is 389. The van der Waals surface area contributed by atoms with Gasteiger partial charge in [-0.15, -0.1) is 11.8 Å². The molecule has 1 aromatic rings. The van der Waals surface area contributed by atoms with Gasteiger partial charge >= 0.3 is 0 Å². The van der Waals surface area contributed by atoms with Crippen LogP contribution >= 0.6 is 35.0 Å². The summed E-state index contributed by atoms with van der Waals surface area (Å²) in [6, 6.07) is 5.45. The lowest BCUT2D eigenvalue weighted by atomic mass is 10.3. The molecule has 0 radical (unpaired) electrons. The van der Waals surface area contributed by atoms with E-state index in [2.05, 4.69) is 5.32 Å². The number of hydrogen-bond donors (Lipinski definition) is 1. The topological polar surface area (TPSA) is 29.1 Å². The molecule has 0 aliphatic heterocycles. The van der Waals surface area contributed by atoms with E-state index in [4.69, 9.17) is 23.2 Å². The molecule has 0 aliphatic carbocycles. The number of benzene rings is 1. The van der Waals surface area contributed by atoms with Crippen LogP contribution in [0.15, 0.2) is 23.1 Å². The summed E-state index contributed by atoms with van der Waals surface area (Å²) in [5.41, 5.74) is 0. The van der Waals surface area contributed by atoms with E-state index in [-0.39, 0.29) is 17.2 Å². The Morgan fingerprint density at radius 2 is 1.76 bits per heavy atom. The van der Waals surface area contributed by atoms with Gasteiger partial charge in [0.25, 0.3) is 0 Å². The largest absolute Gasteiger partial charge is 0.353 e. The van der Waals surface area contributed by atoms with E-state index in [1.807, 2.05) is 20.8 Å². The highest BCUT2D eigenvalue weighted by Crippen LogP contribution is 2.36. The molecule has 0 heterocycles. The van der Waals surface area contributed by atoms with Gasteiger partial charge in [-0.25, -0.2) is 0 Å². The quantitative estimate of drug-likeness (QED) is 0.850. The lowest BCUT2D eigenvalue weighted by Crippen LogP contribution is -2.35. The third-order valence-corrected chi connectivity index (χ3v) is 4.11. The van der Waals surface area contributed by atoms with Crippen LogP contribution in [0.5, 0.6) is 0 Å². The van der Waals surface area contributed by atoms with Gasteiger partial charge in [-0.05, 0) is 32.9 Å². The van der Waals surface area contributed by atoms with Crippen molar-refractivity contribution in [3.63, 3.8) is 0 Å². The zero-order valence-electron chi connectivity index (χ0n) is 9.96. The number of rotatable bonds is 4. The van der Waals surface area contributed by atoms with Crippen LogP contribution in [0.3, 0.4) is 0 Å². The smallest absolute Gasteiger partial charge is 0.233 e. The molecule has 0 aliphatic rings. The van der Waals surface area contributed by atoms with E-state index in [0.29, 0.717) is 10.0 Å². The minimum Gasteiger partial charge on any atom is -0.353 e. The third kappa shape index (κ3) is 4.41. The second kappa shape index (κ2) is 6.53. The fraction of sp³-hybridized carbons (Fsp3) is 0.417. The number of hydrogen-bond acceptors (Lipinski definition) is 2. The molecule has 2 nitrogen and oxygen atoms in total. The molecular weight excluding hydrogens is 277 g/mol. The molecule has 0 spiro atoms. The molecule has 0 saturated heterocycles. The second-order valence-electron chi connectivity index (χ2n) is 3.97. The molecule has 1 atom stereocenters. The second-order valence-corrected chi connectivity index (χ2v) is 6.14. The summed E-state index contributed by atoms with van der Waals surface area (Å²) in [4.78, 5) is 12.5. The first-order valence-corrected chi connectivity index (χ1v) is 6.96. The van der Waals surface area contributed by atoms with Gasteiger partial charge in [0.05, 0.1) is 15.3 Å². The maximum absolute atomic E-state index is 11.8. The van der Waals surface area contributed by atoms with Crippen molar-refractivity contribution in [2.24, 2.45) is 0 Å². The number of carbonyl (C=O) groups is 1. The van der Waals surface area contributed by atoms with Crippen LogP contribution in [0.1, 0.15) is 20.8 Å². The van der Waals surface area contributed by atoms with E-state index in [1.165, 1.54) is 11.8 Å². The van der Waals surface area contributed by atoms with Gasteiger partial charge in [-0.2, -0.15) is 0 Å². The first kappa shape index (κ1) is 14.7. The molecule has 5 heteroatoms. The molecule has 1 amide bonds. The maximum atomic E-state index is 11.8. The minimum absolute atomic E-state index is 0.0130. The van der Waals surface area contributed by atoms with E-state index in [9.17, 15) is 4.79 Å². The van der Waals surface area contributed by atoms with E-state index < -0.39 is 0 Å². The lowest BCUT2D eigenvalue weighted by Gasteiger charge is -2.15. The standard InChI is InChI=1S/C12H15Cl2NOS/c1-7(2)15-12(16)8(3)17-11-9(13)5-4-6-10(11)14/h4-8H,1-3H3,(H,15,16). The van der Waals surface area contributed by atoms with Crippen molar-refractivity contribution in [2.75, 3.05) is 0 Å². The van der Waals surface area contributed by atoms with Crippen molar-refractivity contribution < 1.29 is 4.79 Å². The average molecular weight is 292 g/mol. The van der Waals surface area contributed by atoms with Crippen LogP contribution in [0.25, 0.3) is 0 Å². The van der Waals surface area contributed by atoms with Gasteiger partial charge in [0, 0.05) is 10.9 Å². The fourth-order valence-electron chi connectivity index (χ4n) is 1.23. The van der Waals surface area contributed by atoms with Crippen molar-refractivity contribution in [2.45, 2.75) is 37.0 Å². The summed E-state index contributed by atoms with van der Waals surface area (Å²) in [5, 5.41) is 3.78. The van der Waals surface area contributed by atoms with Crippen molar-refractivity contribution in [3.05, 3.63) is 28.2 Å². The molecular formula is C12H15Cl2NOS. The number of carbonyl (C=O) groups excluding carboxylic acids is 1. The van der Waals surface area contributed by atoms with E-state index in [0.717, 1.165) is 4.90 Å². The van der Waals surface area contributed by atoms with Crippen LogP contribution in [0.2, 0.25) is 10.0 Å². The number of amides is 1. The Morgan fingerprint density at radius 3 is 2.24 bits per heavy atom. The highest BCUT2D eigenvalue weighted by atomic mass is 35.5. The van der Waals surface area contributed by atoms with E-state index >= 15 is 0 Å². The Labute approximate surface area is 116 Å². The Kier molecular flexibility index (Phi) is 5.63. The molecule has 1 rings (SSSR count). The average Bonchev–Trinajstić information content (AvgIpc) is 2.22. The molecule has 94 valence electrons. The Hall–Kier alpha value is -0.380. The van der Waals surface area contributed by atoms with Crippen LogP contribution < -0.4 is 5.32 Å². The molecule has 1 N–H and O–H groups in total. The number of thioether (sulfide) groups is 1. The van der Waals surface area contributed by atoms with Gasteiger partial charge in [0.1, 0.15) is 0 Å². The predicted molar refractivity (Wildman–Crippen MR) is 75.1 cm³/mol. The first-order valence-electron chi connectivity index (χ1n) is 5.33. The molecule has 0 bridgehead atoms. The van der Waals surface area contributed by atoms with Gasteiger partial charge < -0.3 is 5.32 Å². The van der Waals surface area contributed by atoms with Crippen molar-refractivity contribution in [1.82, 2.24) is 5.32 Å². The highest BCUT2D eigenvalue weighted by Gasteiger charge is 2.18. The molecule has 0 saturated carbocycles. The molecule has 0 aromatic heterocycles. The van der Waals surface area contributed by atoms with Crippen LogP contribution in [-0.4, -0.2) is 17.2 Å². The Balaban J connectivity index is 2.74. The summed E-state index contributed by atoms with van der Waals surface area (Å²) >= 11 is 13.5. The lowest BCUT2D eigenvalue weighted by molar-refractivity contribution is -0.120. The number of nitrogens with one attached hydrogen (secondary N) is 1. The van der Waals surface area contributed by atoms with Gasteiger partial charge in [0.15, 0.2) is 0 Å². The van der Waals surface area contributed by atoms with Gasteiger partial charge in [-0.3, -0.25) is 4.79 Å². The number of halogens is 2. The summed E-state index contributed by atoms with van der Waals surface area (Å²) in [7, 11) is 0. The zero-order valence-corrected chi connectivity index (χ0v) is 12.3. The van der Waals surface area contributed by atoms with Crippen molar-refractivity contribution in [3.8, 4) is 0 Å². The maximum Gasteiger partial charge on any atom is 0.233 e. The SMILES string of the molecule is CC(C)NC(=O)C(C)Sc1c(Cl)cccc1Cl. The molecule has 1 aromatic carbocycles. The summed E-state index contributed by atoms with van der Waals surface area (Å²) < 4.78 is 0. The summed E-state index contributed by atoms with van der Waals surface area (Å²) in [6.45, 7) is 5.69. The van der Waals surface area contributed by atoms with Crippen molar-refractivity contribution >= 4 is 40.9 Å². The molecule has 0 fully saturated rings. The summed E-state index contributed by atoms with van der Waals surface area (Å²) in [6.07, 6.45) is 0. The first-order chi connectivity index (χ1) is 7.91. The van der Waals surface area contributed by atoms with Crippen molar-refractivity contribution in [1.29, 1.82) is 0 Å². The molecule has 17 heavy (non-hydrogen) atoms. The van der Waals surface area contributed by atoms with Crippen LogP contribution in [0, 0.1) is 0 Å². The Morgan fingerprint density at radius 1 is 1.24 bits per heavy atom. The normalized spacial score (nSPS) is 12.6. The molecule has 1 unspecified atom stereocenters. The predicted octanol–water partition coefficient (Wildman–Crippen LogP) is 4.00. The fourth-order valence-corrected chi connectivity index (χ4v) is 2.78. The highest BCUT2D eigenvalue weighted by molar-refractivity contribution is 8.00. The van der Waals surface area contributed by atoms with Gasteiger partial charge in [-0.1, -0.05) is 29.3 Å².